The van der Waals surface area contributed by atoms with E-state index >= 15 is 0 Å². The molecule has 0 aromatic rings. The first-order valence-corrected chi connectivity index (χ1v) is 26.3. The molecule has 2 N–H and O–H groups in total. The third-order valence-electron chi connectivity index (χ3n) is 13.0. The van der Waals surface area contributed by atoms with Crippen LogP contribution in [-0.4, -0.2) is 45.0 Å². The zero-order chi connectivity index (χ0) is 43.7. The third-order valence-corrected chi connectivity index (χ3v) is 13.0. The minimum Gasteiger partial charge on any atom is -0.481 e. The largest absolute Gasteiger partial charge is 0.481 e. The van der Waals surface area contributed by atoms with Gasteiger partial charge in [-0.05, 0) is 37.5 Å². The van der Waals surface area contributed by atoms with Crippen LogP contribution in [0.25, 0.3) is 0 Å². The predicted molar refractivity (Wildman–Crippen MR) is 254 cm³/mol. The van der Waals surface area contributed by atoms with Crippen LogP contribution in [0.15, 0.2) is 0 Å². The molecule has 59 heavy (non-hydrogen) atoms. The zero-order valence-electron chi connectivity index (χ0n) is 40.4. The van der Waals surface area contributed by atoms with Crippen molar-refractivity contribution in [2.75, 3.05) is 6.54 Å². The summed E-state index contributed by atoms with van der Waals surface area (Å²) in [7, 11) is 0. The van der Waals surface area contributed by atoms with E-state index in [4.69, 9.17) is 0 Å². The van der Waals surface area contributed by atoms with Gasteiger partial charge in [-0.2, -0.15) is 0 Å². The molecule has 350 valence electrons. The van der Waals surface area contributed by atoms with Crippen LogP contribution < -0.4 is 0 Å². The Labute approximate surface area is 368 Å². The normalized spacial score (nSPS) is 12.7. The molecule has 0 spiro atoms. The molecule has 0 saturated heterocycles. The molecule has 0 aromatic heterocycles. The third kappa shape index (κ3) is 35.7. The molecular formula is C53H103NO5. The van der Waals surface area contributed by atoms with E-state index in [0.29, 0.717) is 25.8 Å². The molecule has 0 heterocycles. The molecule has 1 atom stereocenters. The van der Waals surface area contributed by atoms with Crippen molar-refractivity contribution in [3.63, 3.8) is 0 Å². The van der Waals surface area contributed by atoms with Gasteiger partial charge in [-0.15, -0.1) is 0 Å². The highest BCUT2D eigenvalue weighted by molar-refractivity contribution is 5.87. The van der Waals surface area contributed by atoms with Gasteiger partial charge in [-0.1, -0.05) is 259 Å². The van der Waals surface area contributed by atoms with Crippen LogP contribution in [0.4, 0.5) is 0 Å². The molecule has 6 nitrogen and oxygen atoms in total. The van der Waals surface area contributed by atoms with Gasteiger partial charge in [0, 0.05) is 19.4 Å². The number of rotatable bonds is 47. The van der Waals surface area contributed by atoms with Crippen molar-refractivity contribution in [1.29, 1.82) is 0 Å². The summed E-state index contributed by atoms with van der Waals surface area (Å²) in [5.74, 6) is -0.450. The highest BCUT2D eigenvalue weighted by atomic mass is 16.4. The summed E-state index contributed by atoms with van der Waals surface area (Å²) in [5, 5.41) is 20.6. The smallest absolute Gasteiger partial charge is 0.329 e. The van der Waals surface area contributed by atoms with Crippen LogP contribution in [0.2, 0.25) is 0 Å². The van der Waals surface area contributed by atoms with Crippen molar-refractivity contribution in [2.24, 2.45) is 11.8 Å². The van der Waals surface area contributed by atoms with Crippen molar-refractivity contribution >= 4 is 17.8 Å². The fourth-order valence-electron chi connectivity index (χ4n) is 9.02. The molecule has 0 unspecified atom stereocenters. The lowest BCUT2D eigenvalue weighted by atomic mass is 9.84. The van der Waals surface area contributed by atoms with Crippen LogP contribution >= 0.6 is 0 Å². The van der Waals surface area contributed by atoms with Gasteiger partial charge < -0.3 is 15.1 Å². The number of nitrogens with zero attached hydrogens (tertiary/aromatic N) is 1. The van der Waals surface area contributed by atoms with Crippen molar-refractivity contribution < 1.29 is 24.6 Å². The number of unbranched alkanes of at least 4 members (excludes halogenated alkanes) is 32. The Kier molecular flexibility index (Phi) is 40.6. The van der Waals surface area contributed by atoms with Gasteiger partial charge in [0.1, 0.15) is 5.54 Å². The van der Waals surface area contributed by atoms with Gasteiger partial charge in [0.15, 0.2) is 0 Å². The van der Waals surface area contributed by atoms with Gasteiger partial charge in [-0.25, -0.2) is 4.79 Å². The molecular weight excluding hydrogens is 731 g/mol. The van der Waals surface area contributed by atoms with Crippen LogP contribution in [0.3, 0.4) is 0 Å². The lowest BCUT2D eigenvalue weighted by Gasteiger charge is -2.41. The quantitative estimate of drug-likeness (QED) is 0.0596. The van der Waals surface area contributed by atoms with Crippen molar-refractivity contribution in [1.82, 2.24) is 4.90 Å². The fraction of sp³-hybridized carbons (Fsp3) is 0.943. The van der Waals surface area contributed by atoms with Gasteiger partial charge in [0.05, 0.1) is 0 Å². The first-order valence-electron chi connectivity index (χ1n) is 26.3. The van der Waals surface area contributed by atoms with Crippen molar-refractivity contribution in [2.45, 2.75) is 303 Å². The average molecular weight is 834 g/mol. The van der Waals surface area contributed by atoms with Crippen LogP contribution in [0.1, 0.15) is 298 Å². The molecule has 0 radical (unpaired) electrons. The predicted octanol–water partition coefficient (Wildman–Crippen LogP) is 17.0. The second-order valence-corrected chi connectivity index (χ2v) is 19.7. The number of carbonyl (C=O) groups is 3. The summed E-state index contributed by atoms with van der Waals surface area (Å²) in [4.78, 5) is 40.8. The summed E-state index contributed by atoms with van der Waals surface area (Å²) in [6, 6.07) is 0. The fourth-order valence-corrected chi connectivity index (χ4v) is 9.02. The van der Waals surface area contributed by atoms with Gasteiger partial charge in [0.25, 0.3) is 0 Å². The molecule has 0 aliphatic carbocycles. The molecule has 0 bridgehead atoms. The molecule has 6 heteroatoms. The Morgan fingerprint density at radius 1 is 0.407 bits per heavy atom. The van der Waals surface area contributed by atoms with E-state index in [1.807, 2.05) is 0 Å². The average Bonchev–Trinajstić information content (AvgIpc) is 3.19. The molecule has 0 aromatic carbocycles. The first-order chi connectivity index (χ1) is 28.6. The summed E-state index contributed by atoms with van der Waals surface area (Å²) >= 11 is 0. The molecule has 0 saturated carbocycles. The maximum absolute atomic E-state index is 14.0. The van der Waals surface area contributed by atoms with E-state index in [1.165, 1.54) is 173 Å². The number of carbonyl (C=O) groups excluding carboxylic acids is 1. The SMILES string of the molecule is CCCCCCCCCCCC(=O)N(CCCCCCCCCCCCCCCC(C)C)[C@@](CCCCCCCCCCCCCCCC(C)C)(CCC(=O)O)C(=O)O. The van der Waals surface area contributed by atoms with Crippen LogP contribution in [0.5, 0.6) is 0 Å². The molecule has 0 aliphatic rings. The number of carboxylic acids is 2. The lowest BCUT2D eigenvalue weighted by molar-refractivity contribution is -0.162. The first kappa shape index (κ1) is 57.4. The second-order valence-electron chi connectivity index (χ2n) is 19.7. The van der Waals surface area contributed by atoms with E-state index in [-0.39, 0.29) is 18.7 Å². The number of amides is 1. The number of aliphatic carboxylic acids is 2. The minimum absolute atomic E-state index is 0.0170. The Hall–Kier alpha value is -1.59. The summed E-state index contributed by atoms with van der Waals surface area (Å²) in [5.41, 5.74) is -1.45. The van der Waals surface area contributed by atoms with Gasteiger partial charge >= 0.3 is 11.9 Å². The summed E-state index contributed by atoms with van der Waals surface area (Å²) < 4.78 is 0. The van der Waals surface area contributed by atoms with E-state index in [0.717, 1.165) is 69.6 Å². The Balaban J connectivity index is 5.01. The van der Waals surface area contributed by atoms with Gasteiger partial charge in [0.2, 0.25) is 5.91 Å². The number of carboxylic acid groups (broad SMARTS) is 2. The van der Waals surface area contributed by atoms with E-state index in [1.54, 1.807) is 4.90 Å². The zero-order valence-corrected chi connectivity index (χ0v) is 40.4. The Morgan fingerprint density at radius 3 is 1.07 bits per heavy atom. The van der Waals surface area contributed by atoms with Crippen molar-refractivity contribution in [3.05, 3.63) is 0 Å². The molecule has 0 aliphatic heterocycles. The summed E-state index contributed by atoms with van der Waals surface area (Å²) in [6.07, 6.45) is 45.5. The van der Waals surface area contributed by atoms with E-state index < -0.39 is 17.5 Å². The second kappa shape index (κ2) is 41.7. The van der Waals surface area contributed by atoms with E-state index in [9.17, 15) is 24.6 Å². The maximum Gasteiger partial charge on any atom is 0.329 e. The van der Waals surface area contributed by atoms with Crippen LogP contribution in [-0.2, 0) is 14.4 Å². The summed E-state index contributed by atoms with van der Waals surface area (Å²) in [6.45, 7) is 11.9. The molecule has 0 rings (SSSR count). The number of hydrogen-bond donors (Lipinski definition) is 2. The minimum atomic E-state index is -1.45. The van der Waals surface area contributed by atoms with Crippen molar-refractivity contribution in [3.8, 4) is 0 Å². The topological polar surface area (TPSA) is 94.9 Å². The van der Waals surface area contributed by atoms with E-state index in [2.05, 4.69) is 34.6 Å². The Bertz CT molecular complexity index is 950. The van der Waals surface area contributed by atoms with Gasteiger partial charge in [-0.3, -0.25) is 9.59 Å². The standard InChI is InChI=1S/C53H103NO5/c1-6-7-8-9-10-21-28-33-38-43-50(55)54(47-40-35-30-25-20-16-12-14-18-23-27-32-37-42-49(4)5)53(52(58)59,46-44-51(56)57)45-39-34-29-24-19-15-11-13-17-22-26-31-36-41-48(2)3/h48-49H,6-47H2,1-5H3,(H,56,57)(H,58,59)/t53-/m0/s1. The van der Waals surface area contributed by atoms with Crippen LogP contribution in [0, 0.1) is 11.8 Å². The highest BCUT2D eigenvalue weighted by Gasteiger charge is 2.45. The number of hydrogen-bond acceptors (Lipinski definition) is 3. The Morgan fingerprint density at radius 2 is 0.729 bits per heavy atom. The lowest BCUT2D eigenvalue weighted by Crippen LogP contribution is -2.57. The molecule has 1 amide bonds. The monoisotopic (exact) mass is 834 g/mol. The highest BCUT2D eigenvalue weighted by Crippen LogP contribution is 2.32. The maximum atomic E-state index is 14.0. The molecule has 0 fully saturated rings.